The average Bonchev–Trinajstić information content (AvgIpc) is 3.45. The molecule has 1 aromatic rings. The van der Waals surface area contributed by atoms with Crippen LogP contribution in [0.1, 0.15) is 63.5 Å². The molecule has 0 radical (unpaired) electrons. The Balaban J connectivity index is 0.00000225. The number of nitrogens with one attached hydrogen (secondary N) is 2. The molecule has 3 aliphatic rings. The number of likely N-dealkylation sites (N-methyl/N-ethyl adjacent to an activating group) is 1. The van der Waals surface area contributed by atoms with Crippen LogP contribution >= 0.6 is 24.0 Å². The fourth-order valence-corrected chi connectivity index (χ4v) is 4.66. The van der Waals surface area contributed by atoms with Crippen molar-refractivity contribution in [2.24, 2.45) is 4.99 Å². The van der Waals surface area contributed by atoms with Crippen LogP contribution in [0.15, 0.2) is 29.3 Å². The first kappa shape index (κ1) is 21.7. The highest BCUT2D eigenvalue weighted by Crippen LogP contribution is 2.46. The van der Waals surface area contributed by atoms with Crippen LogP contribution in [0.25, 0.3) is 0 Å². The Hall–Kier alpha value is -1.02. The third-order valence-electron chi connectivity index (χ3n) is 6.63. The van der Waals surface area contributed by atoms with Crippen molar-refractivity contribution in [3.8, 4) is 5.75 Å². The minimum absolute atomic E-state index is 0. The Bertz CT molecular complexity index is 685. The van der Waals surface area contributed by atoms with E-state index >= 15 is 0 Å². The van der Waals surface area contributed by atoms with Crippen molar-refractivity contribution < 1.29 is 4.74 Å². The van der Waals surface area contributed by atoms with Gasteiger partial charge in [0.15, 0.2) is 5.96 Å². The Labute approximate surface area is 186 Å². The molecule has 4 rings (SSSR count). The topological polar surface area (TPSA) is 48.9 Å². The molecule has 1 aliphatic heterocycles. The van der Waals surface area contributed by atoms with Gasteiger partial charge in [-0.1, -0.05) is 18.2 Å². The van der Waals surface area contributed by atoms with Crippen molar-refractivity contribution in [3.63, 3.8) is 0 Å². The number of halogens is 1. The minimum atomic E-state index is 0. The molecule has 2 unspecified atom stereocenters. The van der Waals surface area contributed by atoms with E-state index in [1.807, 2.05) is 7.05 Å². The van der Waals surface area contributed by atoms with E-state index in [9.17, 15) is 0 Å². The second kappa shape index (κ2) is 9.20. The monoisotopic (exact) mass is 498 g/mol. The Morgan fingerprint density at radius 3 is 2.68 bits per heavy atom. The summed E-state index contributed by atoms with van der Waals surface area (Å²) in [6.45, 7) is 3.19. The summed E-state index contributed by atoms with van der Waals surface area (Å²) in [6.07, 6.45) is 8.56. The van der Waals surface area contributed by atoms with Crippen molar-refractivity contribution in [2.45, 2.75) is 75.6 Å². The lowest BCUT2D eigenvalue weighted by molar-refractivity contribution is 0.0396. The van der Waals surface area contributed by atoms with Crippen molar-refractivity contribution in [1.82, 2.24) is 15.5 Å². The summed E-state index contributed by atoms with van der Waals surface area (Å²) >= 11 is 0. The standard InChI is InChI=1S/C22H34N4O.HI/c1-16(26(3)17-10-11-17)15-24-21(23-2)25-19-14-22(12-6-7-13-22)27-20-9-5-4-8-18(19)20;/h4-5,8-9,16-17,19H,6-7,10-15H2,1-3H3,(H2,23,24,25);1H. The van der Waals surface area contributed by atoms with Gasteiger partial charge in [-0.25, -0.2) is 0 Å². The predicted molar refractivity (Wildman–Crippen MR) is 126 cm³/mol. The van der Waals surface area contributed by atoms with Crippen molar-refractivity contribution >= 4 is 29.9 Å². The van der Waals surface area contributed by atoms with E-state index in [0.29, 0.717) is 6.04 Å². The molecule has 0 aromatic heterocycles. The van der Waals surface area contributed by atoms with Crippen LogP contribution in [0.3, 0.4) is 0 Å². The normalized spacial score (nSPS) is 24.3. The van der Waals surface area contributed by atoms with Crippen molar-refractivity contribution in [3.05, 3.63) is 29.8 Å². The summed E-state index contributed by atoms with van der Waals surface area (Å²) in [5.41, 5.74) is 1.26. The first-order valence-corrected chi connectivity index (χ1v) is 10.6. The number of para-hydroxylation sites is 1. The fourth-order valence-electron chi connectivity index (χ4n) is 4.66. The smallest absolute Gasteiger partial charge is 0.191 e. The van der Waals surface area contributed by atoms with E-state index in [-0.39, 0.29) is 35.6 Å². The largest absolute Gasteiger partial charge is 0.487 e. The minimum Gasteiger partial charge on any atom is -0.487 e. The molecule has 2 saturated carbocycles. The molecule has 2 N–H and O–H groups in total. The van der Waals surface area contributed by atoms with Crippen LogP contribution in [0, 0.1) is 0 Å². The highest BCUT2D eigenvalue weighted by atomic mass is 127. The summed E-state index contributed by atoms with van der Waals surface area (Å²) in [7, 11) is 4.10. The molecule has 0 saturated heterocycles. The number of guanidine groups is 1. The summed E-state index contributed by atoms with van der Waals surface area (Å²) in [6, 6.07) is 10.0. The number of ether oxygens (including phenoxy) is 1. The van der Waals surface area contributed by atoms with Crippen LogP contribution in [0.2, 0.25) is 0 Å². The van der Waals surface area contributed by atoms with Crippen LogP contribution in [-0.2, 0) is 0 Å². The first-order valence-electron chi connectivity index (χ1n) is 10.6. The first-order chi connectivity index (χ1) is 13.1. The number of hydrogen-bond donors (Lipinski definition) is 2. The molecule has 0 bridgehead atoms. The molecule has 156 valence electrons. The van der Waals surface area contributed by atoms with Gasteiger partial charge >= 0.3 is 0 Å². The van der Waals surface area contributed by atoms with Gasteiger partial charge in [-0.2, -0.15) is 0 Å². The molecule has 1 spiro atoms. The molecule has 1 aromatic carbocycles. The maximum absolute atomic E-state index is 6.48. The van der Waals surface area contributed by atoms with Gasteiger partial charge in [0.05, 0.1) is 6.04 Å². The Morgan fingerprint density at radius 2 is 2.00 bits per heavy atom. The summed E-state index contributed by atoms with van der Waals surface area (Å²) in [5.74, 6) is 1.93. The number of benzene rings is 1. The van der Waals surface area contributed by atoms with Gasteiger partial charge in [0.1, 0.15) is 11.4 Å². The lowest BCUT2D eigenvalue weighted by Gasteiger charge is -2.40. The van der Waals surface area contributed by atoms with Gasteiger partial charge in [0.25, 0.3) is 0 Å². The number of fused-ring (bicyclic) bond motifs is 1. The van der Waals surface area contributed by atoms with E-state index in [0.717, 1.165) is 43.6 Å². The summed E-state index contributed by atoms with van der Waals surface area (Å²) < 4.78 is 6.48. The van der Waals surface area contributed by atoms with Gasteiger partial charge < -0.3 is 15.4 Å². The molecule has 0 amide bonds. The lowest BCUT2D eigenvalue weighted by atomic mass is 9.86. The quantitative estimate of drug-likeness (QED) is 0.365. The van der Waals surface area contributed by atoms with E-state index in [4.69, 9.17) is 4.74 Å². The molecule has 1 heterocycles. The van der Waals surface area contributed by atoms with Gasteiger partial charge in [-0.15, -0.1) is 24.0 Å². The van der Waals surface area contributed by atoms with Crippen LogP contribution < -0.4 is 15.4 Å². The molecule has 28 heavy (non-hydrogen) atoms. The number of nitrogens with zero attached hydrogens (tertiary/aromatic N) is 2. The summed E-state index contributed by atoms with van der Waals surface area (Å²) in [5, 5.41) is 7.24. The molecule has 6 heteroatoms. The lowest BCUT2D eigenvalue weighted by Crippen LogP contribution is -2.49. The molecule has 2 aliphatic carbocycles. The Morgan fingerprint density at radius 1 is 1.29 bits per heavy atom. The van der Waals surface area contributed by atoms with Gasteiger partial charge in [-0.3, -0.25) is 9.89 Å². The third-order valence-corrected chi connectivity index (χ3v) is 6.63. The van der Waals surface area contributed by atoms with Crippen LogP contribution in [0.4, 0.5) is 0 Å². The highest BCUT2D eigenvalue weighted by molar-refractivity contribution is 14.0. The third kappa shape index (κ3) is 4.75. The van der Waals surface area contributed by atoms with Crippen LogP contribution in [-0.4, -0.2) is 49.2 Å². The van der Waals surface area contributed by atoms with Gasteiger partial charge in [0.2, 0.25) is 0 Å². The average molecular weight is 498 g/mol. The predicted octanol–water partition coefficient (Wildman–Crippen LogP) is 4.09. The second-order valence-corrected chi connectivity index (χ2v) is 8.63. The molecule has 2 atom stereocenters. The summed E-state index contributed by atoms with van der Waals surface area (Å²) in [4.78, 5) is 6.98. The number of hydrogen-bond acceptors (Lipinski definition) is 3. The van der Waals surface area contributed by atoms with Crippen LogP contribution in [0.5, 0.6) is 5.75 Å². The van der Waals surface area contributed by atoms with E-state index < -0.39 is 0 Å². The molecule has 5 nitrogen and oxygen atoms in total. The zero-order valence-electron chi connectivity index (χ0n) is 17.4. The molecular formula is C22H35IN4O. The van der Waals surface area contributed by atoms with E-state index in [1.54, 1.807) is 0 Å². The van der Waals surface area contributed by atoms with Gasteiger partial charge in [-0.05, 0) is 58.6 Å². The zero-order valence-corrected chi connectivity index (χ0v) is 19.7. The molecule has 2 fully saturated rings. The SMILES string of the molecule is CN=C(NCC(C)N(C)C1CC1)NC1CC2(CCCC2)Oc2ccccc21.I. The molecular weight excluding hydrogens is 463 g/mol. The Kier molecular flexibility index (Phi) is 7.12. The van der Waals surface area contributed by atoms with Crippen molar-refractivity contribution in [1.29, 1.82) is 0 Å². The highest BCUT2D eigenvalue weighted by Gasteiger charge is 2.43. The maximum atomic E-state index is 6.48. The van der Waals surface area contributed by atoms with Gasteiger partial charge in [0, 0.05) is 37.7 Å². The second-order valence-electron chi connectivity index (χ2n) is 8.63. The maximum Gasteiger partial charge on any atom is 0.191 e. The zero-order chi connectivity index (χ0) is 18.9. The number of aliphatic imine (C=N–C) groups is 1. The van der Waals surface area contributed by atoms with Crippen molar-refractivity contribution in [2.75, 3.05) is 20.6 Å². The van der Waals surface area contributed by atoms with E-state index in [1.165, 1.54) is 31.2 Å². The van der Waals surface area contributed by atoms with E-state index in [2.05, 4.69) is 58.8 Å². The number of rotatable bonds is 5. The fraction of sp³-hybridized carbons (Fsp3) is 0.682.